The molecular weight excluding hydrogens is 168 g/mol. The molecule has 2 rings (SSSR count). The molecule has 4 nitrogen and oxygen atoms in total. The summed E-state index contributed by atoms with van der Waals surface area (Å²) in [5.41, 5.74) is 4.82. The fraction of sp³-hybridized carbons (Fsp3) is 0.889. The van der Waals surface area contributed by atoms with Crippen LogP contribution in [-0.4, -0.2) is 30.2 Å². The minimum absolute atomic E-state index is 0.0920. The molecule has 1 saturated heterocycles. The summed E-state index contributed by atoms with van der Waals surface area (Å²) in [5.74, 6) is -0.274. The minimum atomic E-state index is -0.596. The Hall–Kier alpha value is -0.610. The number of amides is 1. The van der Waals surface area contributed by atoms with Gasteiger partial charge in [0.1, 0.15) is 5.54 Å². The monoisotopic (exact) mass is 184 g/mol. The first kappa shape index (κ1) is 8.97. The Kier molecular flexibility index (Phi) is 2.04. The number of rotatable bonds is 3. The van der Waals surface area contributed by atoms with Crippen LogP contribution in [0.15, 0.2) is 0 Å². The third-order valence-corrected chi connectivity index (χ3v) is 3.04. The predicted octanol–water partition coefficient (Wildman–Crippen LogP) is -0.229. The molecule has 1 aliphatic heterocycles. The summed E-state index contributed by atoms with van der Waals surface area (Å²) in [6.45, 7) is 2.54. The number of carbonyl (C=O) groups is 1. The maximum absolute atomic E-state index is 11.4. The lowest BCUT2D eigenvalue weighted by atomic mass is 9.91. The van der Waals surface area contributed by atoms with Crippen molar-refractivity contribution in [3.63, 3.8) is 0 Å². The van der Waals surface area contributed by atoms with E-state index < -0.39 is 5.54 Å². The summed E-state index contributed by atoms with van der Waals surface area (Å²) in [6.07, 6.45) is 2.93. The smallest absolute Gasteiger partial charge is 0.240 e. The topological polar surface area (TPSA) is 64.3 Å². The normalized spacial score (nSPS) is 39.3. The number of nitrogens with two attached hydrogens (primary N) is 1. The van der Waals surface area contributed by atoms with Gasteiger partial charge in [-0.25, -0.2) is 0 Å². The fourth-order valence-electron chi connectivity index (χ4n) is 1.92. The molecule has 2 unspecified atom stereocenters. The second kappa shape index (κ2) is 2.96. The van der Waals surface area contributed by atoms with Gasteiger partial charge in [-0.1, -0.05) is 0 Å². The molecule has 0 aromatic rings. The first-order valence-electron chi connectivity index (χ1n) is 4.84. The van der Waals surface area contributed by atoms with E-state index in [1.807, 2.05) is 6.92 Å². The largest absolute Gasteiger partial charge is 0.376 e. The molecular formula is C9H16N2O2. The van der Waals surface area contributed by atoms with Crippen LogP contribution in [0.25, 0.3) is 0 Å². The first-order valence-corrected chi connectivity index (χ1v) is 4.84. The van der Waals surface area contributed by atoms with Gasteiger partial charge in [0.2, 0.25) is 5.91 Å². The second-order valence-electron chi connectivity index (χ2n) is 4.02. The Balaban J connectivity index is 2.12. The van der Waals surface area contributed by atoms with Crippen molar-refractivity contribution >= 4 is 5.91 Å². The average molecular weight is 184 g/mol. The molecule has 0 aromatic carbocycles. The van der Waals surface area contributed by atoms with E-state index in [9.17, 15) is 4.79 Å². The Morgan fingerprint density at radius 2 is 2.31 bits per heavy atom. The molecule has 0 radical (unpaired) electrons. The summed E-state index contributed by atoms with van der Waals surface area (Å²) in [5, 5.41) is 3.32. The van der Waals surface area contributed by atoms with E-state index in [2.05, 4.69) is 5.32 Å². The van der Waals surface area contributed by atoms with Gasteiger partial charge in [0, 0.05) is 19.1 Å². The Morgan fingerprint density at radius 1 is 1.62 bits per heavy atom. The van der Waals surface area contributed by atoms with Crippen molar-refractivity contribution in [1.82, 2.24) is 5.32 Å². The number of carbonyl (C=O) groups excluding carboxylic acids is 1. The molecule has 3 N–H and O–H groups in total. The average Bonchev–Trinajstić information content (AvgIpc) is 2.78. The molecule has 0 spiro atoms. The van der Waals surface area contributed by atoms with E-state index in [1.54, 1.807) is 0 Å². The van der Waals surface area contributed by atoms with Crippen LogP contribution < -0.4 is 11.1 Å². The molecule has 2 aliphatic rings. The fourth-order valence-corrected chi connectivity index (χ4v) is 1.92. The second-order valence-corrected chi connectivity index (χ2v) is 4.02. The Labute approximate surface area is 77.8 Å². The highest BCUT2D eigenvalue weighted by atomic mass is 16.5. The lowest BCUT2D eigenvalue weighted by molar-refractivity contribution is -0.126. The van der Waals surface area contributed by atoms with E-state index in [0.29, 0.717) is 19.1 Å². The van der Waals surface area contributed by atoms with Crippen LogP contribution in [0.4, 0.5) is 0 Å². The number of hydrogen-bond acceptors (Lipinski definition) is 3. The molecule has 2 fully saturated rings. The third-order valence-electron chi connectivity index (χ3n) is 3.04. The van der Waals surface area contributed by atoms with E-state index in [1.165, 1.54) is 0 Å². The van der Waals surface area contributed by atoms with Crippen LogP contribution in [0.3, 0.4) is 0 Å². The summed E-state index contributed by atoms with van der Waals surface area (Å²) in [6, 6.07) is 0.483. The van der Waals surface area contributed by atoms with Gasteiger partial charge in [-0.3, -0.25) is 10.1 Å². The summed E-state index contributed by atoms with van der Waals surface area (Å²) >= 11 is 0. The Bertz CT molecular complexity index is 228. The van der Waals surface area contributed by atoms with E-state index in [4.69, 9.17) is 10.5 Å². The molecule has 1 saturated carbocycles. The number of nitrogens with one attached hydrogen (secondary N) is 1. The molecule has 0 bridgehead atoms. The molecule has 1 aliphatic carbocycles. The van der Waals surface area contributed by atoms with E-state index in [-0.39, 0.29) is 12.0 Å². The van der Waals surface area contributed by atoms with Gasteiger partial charge in [-0.05, 0) is 19.8 Å². The molecule has 4 heteroatoms. The summed E-state index contributed by atoms with van der Waals surface area (Å²) in [4.78, 5) is 11.4. The Morgan fingerprint density at radius 3 is 2.69 bits per heavy atom. The van der Waals surface area contributed by atoms with Crippen LogP contribution in [-0.2, 0) is 9.53 Å². The van der Waals surface area contributed by atoms with Crippen molar-refractivity contribution in [3.05, 3.63) is 0 Å². The lowest BCUT2D eigenvalue weighted by Crippen LogP contribution is -2.60. The third kappa shape index (κ3) is 1.44. The van der Waals surface area contributed by atoms with Crippen LogP contribution in [0.2, 0.25) is 0 Å². The zero-order chi connectivity index (χ0) is 9.47. The van der Waals surface area contributed by atoms with Gasteiger partial charge in [0.15, 0.2) is 0 Å². The summed E-state index contributed by atoms with van der Waals surface area (Å²) < 4.78 is 5.40. The number of primary amides is 1. The minimum Gasteiger partial charge on any atom is -0.376 e. The molecule has 74 valence electrons. The molecule has 1 heterocycles. The highest BCUT2D eigenvalue weighted by molar-refractivity contribution is 5.86. The highest BCUT2D eigenvalue weighted by Gasteiger charge is 2.49. The van der Waals surface area contributed by atoms with Crippen molar-refractivity contribution in [2.45, 2.75) is 43.9 Å². The zero-order valence-electron chi connectivity index (χ0n) is 7.88. The maximum atomic E-state index is 11.4. The summed E-state index contributed by atoms with van der Waals surface area (Å²) in [7, 11) is 0. The molecule has 0 aromatic heterocycles. The van der Waals surface area contributed by atoms with Gasteiger partial charge in [0.05, 0.1) is 6.10 Å². The quantitative estimate of drug-likeness (QED) is 0.637. The standard InChI is InChI=1S/C9H16N2O2/c1-6-9(8(10)12,4-5-13-6)11-7-2-3-7/h6-7,11H,2-5H2,1H3,(H2,10,12). The van der Waals surface area contributed by atoms with Crippen LogP contribution >= 0.6 is 0 Å². The van der Waals surface area contributed by atoms with Crippen LogP contribution in [0, 0.1) is 0 Å². The van der Waals surface area contributed by atoms with Crippen molar-refractivity contribution in [1.29, 1.82) is 0 Å². The maximum Gasteiger partial charge on any atom is 0.240 e. The molecule has 2 atom stereocenters. The van der Waals surface area contributed by atoms with Gasteiger partial charge >= 0.3 is 0 Å². The highest BCUT2D eigenvalue weighted by Crippen LogP contribution is 2.31. The van der Waals surface area contributed by atoms with Gasteiger partial charge < -0.3 is 10.5 Å². The van der Waals surface area contributed by atoms with Crippen LogP contribution in [0.5, 0.6) is 0 Å². The molecule has 1 amide bonds. The predicted molar refractivity (Wildman–Crippen MR) is 48.1 cm³/mol. The molecule has 13 heavy (non-hydrogen) atoms. The van der Waals surface area contributed by atoms with Gasteiger partial charge in [0.25, 0.3) is 0 Å². The van der Waals surface area contributed by atoms with Gasteiger partial charge in [-0.2, -0.15) is 0 Å². The SMILES string of the molecule is CC1OCCC1(NC1CC1)C(N)=O. The van der Waals surface area contributed by atoms with Crippen molar-refractivity contribution in [2.75, 3.05) is 6.61 Å². The van der Waals surface area contributed by atoms with Crippen LogP contribution in [0.1, 0.15) is 26.2 Å². The number of hydrogen-bond donors (Lipinski definition) is 2. The first-order chi connectivity index (χ1) is 6.15. The lowest BCUT2D eigenvalue weighted by Gasteiger charge is -2.29. The number of ether oxygens (including phenoxy) is 1. The van der Waals surface area contributed by atoms with Crippen molar-refractivity contribution < 1.29 is 9.53 Å². The van der Waals surface area contributed by atoms with E-state index in [0.717, 1.165) is 12.8 Å². The van der Waals surface area contributed by atoms with Crippen molar-refractivity contribution in [2.24, 2.45) is 5.73 Å². The van der Waals surface area contributed by atoms with Crippen molar-refractivity contribution in [3.8, 4) is 0 Å². The van der Waals surface area contributed by atoms with E-state index >= 15 is 0 Å². The zero-order valence-corrected chi connectivity index (χ0v) is 7.88. The van der Waals surface area contributed by atoms with Gasteiger partial charge in [-0.15, -0.1) is 0 Å².